The van der Waals surface area contributed by atoms with Gasteiger partial charge in [-0.3, -0.25) is 4.79 Å². The van der Waals surface area contributed by atoms with E-state index in [0.29, 0.717) is 28.2 Å². The first-order valence-corrected chi connectivity index (χ1v) is 8.68. The van der Waals surface area contributed by atoms with E-state index in [1.165, 1.54) is 6.42 Å². The number of nitrogens with one attached hydrogen (secondary N) is 1. The third-order valence-corrected chi connectivity index (χ3v) is 4.55. The molecule has 0 bridgehead atoms. The molecule has 0 aliphatic carbocycles. The highest BCUT2D eigenvalue weighted by Crippen LogP contribution is 2.28. The number of rotatable bonds is 4. The third kappa shape index (κ3) is 4.20. The summed E-state index contributed by atoms with van der Waals surface area (Å²) in [5.74, 6) is 1.63. The Labute approximate surface area is 152 Å². The smallest absolute Gasteiger partial charge is 0.274 e. The number of nitrogens with zero attached hydrogens (tertiary/aromatic N) is 3. The fraction of sp³-hybridized carbons (Fsp3) is 0.389. The Bertz CT molecular complexity index is 751. The van der Waals surface area contributed by atoms with Crippen molar-refractivity contribution in [2.45, 2.75) is 19.8 Å². The van der Waals surface area contributed by atoms with Crippen LogP contribution in [0.25, 0.3) is 0 Å². The maximum atomic E-state index is 12.5. The Morgan fingerprint density at radius 2 is 2.16 bits per heavy atom. The average molecular weight is 361 g/mol. The summed E-state index contributed by atoms with van der Waals surface area (Å²) in [5.41, 5.74) is 1.14. The molecule has 1 saturated heterocycles. The van der Waals surface area contributed by atoms with E-state index in [9.17, 15) is 4.79 Å². The highest BCUT2D eigenvalue weighted by Gasteiger charge is 2.23. The third-order valence-electron chi connectivity index (χ3n) is 4.25. The molecule has 7 heteroatoms. The highest BCUT2D eigenvalue weighted by atomic mass is 35.5. The second-order valence-electron chi connectivity index (χ2n) is 6.28. The Balaban J connectivity index is 1.67. The first-order valence-electron chi connectivity index (χ1n) is 8.30. The van der Waals surface area contributed by atoms with Gasteiger partial charge in [-0.25, -0.2) is 0 Å². The summed E-state index contributed by atoms with van der Waals surface area (Å²) in [6.45, 7) is 3.73. The van der Waals surface area contributed by atoms with Crippen LogP contribution in [0.4, 0.5) is 11.5 Å². The van der Waals surface area contributed by atoms with E-state index in [4.69, 9.17) is 16.3 Å². The lowest BCUT2D eigenvalue weighted by molar-refractivity contribution is 0.0676. The number of carbonyl (C=O) groups is 1. The standard InChI is InChI=1S/C18H21ClN4O2/c1-12-4-3-9-23(11-12)18(24)15-6-8-17(22-21-15)20-13-5-7-16(25-2)14(19)10-13/h5-8,10,12H,3-4,9,11H2,1-2H3,(H,20,22). The second-order valence-corrected chi connectivity index (χ2v) is 6.68. The number of halogens is 1. The predicted molar refractivity (Wildman–Crippen MR) is 97.6 cm³/mol. The topological polar surface area (TPSA) is 67.3 Å². The van der Waals surface area contributed by atoms with Crippen LogP contribution in [-0.2, 0) is 0 Å². The first kappa shape index (κ1) is 17.5. The van der Waals surface area contributed by atoms with E-state index in [0.717, 1.165) is 25.2 Å². The number of carbonyl (C=O) groups excluding carboxylic acids is 1. The number of aromatic nitrogens is 2. The average Bonchev–Trinajstić information content (AvgIpc) is 2.62. The van der Waals surface area contributed by atoms with Crippen LogP contribution in [0, 0.1) is 5.92 Å². The number of likely N-dealkylation sites (tertiary alicyclic amines) is 1. The minimum Gasteiger partial charge on any atom is -0.495 e. The van der Waals surface area contributed by atoms with Gasteiger partial charge in [-0.15, -0.1) is 10.2 Å². The monoisotopic (exact) mass is 360 g/mol. The van der Waals surface area contributed by atoms with Crippen molar-refractivity contribution in [2.24, 2.45) is 5.92 Å². The van der Waals surface area contributed by atoms with Crippen LogP contribution >= 0.6 is 11.6 Å². The largest absolute Gasteiger partial charge is 0.495 e. The number of hydrogen-bond donors (Lipinski definition) is 1. The Morgan fingerprint density at radius 3 is 2.80 bits per heavy atom. The molecule has 0 saturated carbocycles. The quantitative estimate of drug-likeness (QED) is 0.899. The highest BCUT2D eigenvalue weighted by molar-refractivity contribution is 6.32. The summed E-state index contributed by atoms with van der Waals surface area (Å²) < 4.78 is 5.13. The van der Waals surface area contributed by atoms with Crippen molar-refractivity contribution in [3.05, 3.63) is 41.0 Å². The SMILES string of the molecule is COc1ccc(Nc2ccc(C(=O)N3CCCC(C)C3)nn2)cc1Cl. The molecule has 1 N–H and O–H groups in total. The number of anilines is 2. The maximum Gasteiger partial charge on any atom is 0.274 e. The molecule has 1 aromatic carbocycles. The van der Waals surface area contributed by atoms with Gasteiger partial charge in [0.1, 0.15) is 5.75 Å². The summed E-state index contributed by atoms with van der Waals surface area (Å²) in [6.07, 6.45) is 2.21. The molecule has 25 heavy (non-hydrogen) atoms. The molecule has 1 unspecified atom stereocenters. The fourth-order valence-electron chi connectivity index (χ4n) is 2.94. The molecule has 6 nitrogen and oxygen atoms in total. The molecule has 1 aromatic heterocycles. The fourth-order valence-corrected chi connectivity index (χ4v) is 3.20. The van der Waals surface area contributed by atoms with Gasteiger partial charge in [-0.05, 0) is 49.1 Å². The van der Waals surface area contributed by atoms with Crippen molar-refractivity contribution in [2.75, 3.05) is 25.5 Å². The zero-order valence-corrected chi connectivity index (χ0v) is 15.1. The van der Waals surface area contributed by atoms with E-state index in [1.54, 1.807) is 31.4 Å². The maximum absolute atomic E-state index is 12.5. The normalized spacial score (nSPS) is 17.2. The minimum absolute atomic E-state index is 0.0573. The van der Waals surface area contributed by atoms with Crippen molar-refractivity contribution in [3.8, 4) is 5.75 Å². The molecule has 3 rings (SSSR count). The van der Waals surface area contributed by atoms with Crippen molar-refractivity contribution in [1.82, 2.24) is 15.1 Å². The molecule has 1 aliphatic heterocycles. The lowest BCUT2D eigenvalue weighted by atomic mass is 10.00. The molecule has 0 spiro atoms. The van der Waals surface area contributed by atoms with Crippen molar-refractivity contribution in [3.63, 3.8) is 0 Å². The number of hydrogen-bond acceptors (Lipinski definition) is 5. The van der Waals surface area contributed by atoms with Crippen LogP contribution in [-0.4, -0.2) is 41.2 Å². The Hall–Kier alpha value is -2.34. The van der Waals surface area contributed by atoms with Crippen LogP contribution < -0.4 is 10.1 Å². The van der Waals surface area contributed by atoms with Crippen molar-refractivity contribution in [1.29, 1.82) is 0 Å². The van der Waals surface area contributed by atoms with Gasteiger partial charge in [0.15, 0.2) is 11.5 Å². The van der Waals surface area contributed by atoms with E-state index >= 15 is 0 Å². The van der Waals surface area contributed by atoms with Gasteiger partial charge in [0.2, 0.25) is 0 Å². The zero-order chi connectivity index (χ0) is 17.8. The van der Waals surface area contributed by atoms with Gasteiger partial charge < -0.3 is 15.0 Å². The number of piperidine rings is 1. The molecule has 2 aromatic rings. The molecule has 1 amide bonds. The van der Waals surface area contributed by atoms with Gasteiger partial charge in [0.25, 0.3) is 5.91 Å². The van der Waals surface area contributed by atoms with Crippen LogP contribution in [0.1, 0.15) is 30.3 Å². The van der Waals surface area contributed by atoms with E-state index < -0.39 is 0 Å². The molecule has 1 aliphatic rings. The number of methoxy groups -OCH3 is 1. The van der Waals surface area contributed by atoms with E-state index in [2.05, 4.69) is 22.4 Å². The van der Waals surface area contributed by atoms with Crippen LogP contribution in [0.3, 0.4) is 0 Å². The Kier molecular flexibility index (Phi) is 5.38. The summed E-state index contributed by atoms with van der Waals surface area (Å²) >= 11 is 6.11. The first-order chi connectivity index (χ1) is 12.1. The van der Waals surface area contributed by atoms with E-state index in [1.807, 2.05) is 11.0 Å². The molecular weight excluding hydrogens is 340 g/mol. The molecule has 2 heterocycles. The zero-order valence-electron chi connectivity index (χ0n) is 14.3. The summed E-state index contributed by atoms with van der Waals surface area (Å²) in [7, 11) is 1.57. The molecule has 1 fully saturated rings. The lowest BCUT2D eigenvalue weighted by Gasteiger charge is -2.30. The Morgan fingerprint density at radius 1 is 1.32 bits per heavy atom. The molecular formula is C18H21ClN4O2. The lowest BCUT2D eigenvalue weighted by Crippen LogP contribution is -2.39. The van der Waals surface area contributed by atoms with Gasteiger partial charge in [-0.1, -0.05) is 18.5 Å². The van der Waals surface area contributed by atoms with Crippen LogP contribution in [0.2, 0.25) is 5.02 Å². The molecule has 0 radical (unpaired) electrons. The number of ether oxygens (including phenoxy) is 1. The van der Waals surface area contributed by atoms with Gasteiger partial charge >= 0.3 is 0 Å². The van der Waals surface area contributed by atoms with Crippen LogP contribution in [0.15, 0.2) is 30.3 Å². The van der Waals surface area contributed by atoms with Gasteiger partial charge in [-0.2, -0.15) is 0 Å². The van der Waals surface area contributed by atoms with Gasteiger partial charge in [0, 0.05) is 18.8 Å². The van der Waals surface area contributed by atoms with Crippen molar-refractivity contribution >= 4 is 29.0 Å². The summed E-state index contributed by atoms with van der Waals surface area (Å²) in [4.78, 5) is 14.4. The summed E-state index contributed by atoms with van der Waals surface area (Å²) in [6, 6.07) is 8.79. The minimum atomic E-state index is -0.0573. The predicted octanol–water partition coefficient (Wildman–Crippen LogP) is 3.75. The molecule has 1 atom stereocenters. The number of benzene rings is 1. The number of amides is 1. The second kappa shape index (κ2) is 7.70. The van der Waals surface area contributed by atoms with Crippen molar-refractivity contribution < 1.29 is 9.53 Å². The van der Waals surface area contributed by atoms with Crippen LogP contribution in [0.5, 0.6) is 5.75 Å². The van der Waals surface area contributed by atoms with Gasteiger partial charge in [0.05, 0.1) is 12.1 Å². The summed E-state index contributed by atoms with van der Waals surface area (Å²) in [5, 5.41) is 11.8. The molecule has 132 valence electrons. The van der Waals surface area contributed by atoms with E-state index in [-0.39, 0.29) is 5.91 Å².